The first-order valence-corrected chi connectivity index (χ1v) is 7.42. The number of nitrogens with one attached hydrogen (secondary N) is 2. The Balaban J connectivity index is 1.79. The molecule has 1 aromatic heterocycles. The second kappa shape index (κ2) is 5.46. The normalized spacial score (nSPS) is 10.9. The average molecular weight is 351 g/mol. The number of imidazole rings is 1. The number of H-pyrrole nitrogens is 1. The van der Waals surface area contributed by atoms with Gasteiger partial charge in [-0.1, -0.05) is 33.6 Å². The van der Waals surface area contributed by atoms with Crippen molar-refractivity contribution in [1.29, 1.82) is 0 Å². The van der Waals surface area contributed by atoms with Crippen LogP contribution in [0.3, 0.4) is 0 Å². The number of benzene rings is 2. The van der Waals surface area contributed by atoms with Gasteiger partial charge in [0.25, 0.3) is 0 Å². The first-order valence-electron chi connectivity index (χ1n) is 6.25. The lowest BCUT2D eigenvalue weighted by molar-refractivity contribution is 1.10. The van der Waals surface area contributed by atoms with Gasteiger partial charge in [-0.2, -0.15) is 0 Å². The van der Waals surface area contributed by atoms with E-state index in [1.807, 2.05) is 24.3 Å². The van der Waals surface area contributed by atoms with E-state index in [9.17, 15) is 0 Å². The van der Waals surface area contributed by atoms with Crippen LogP contribution in [0.25, 0.3) is 11.0 Å². The minimum Gasteiger partial charge on any atom is -0.352 e. The van der Waals surface area contributed by atoms with Crippen LogP contribution >= 0.6 is 27.5 Å². The molecule has 0 unspecified atom stereocenters. The first kappa shape index (κ1) is 13.5. The summed E-state index contributed by atoms with van der Waals surface area (Å²) in [6, 6.07) is 12.0. The van der Waals surface area contributed by atoms with E-state index in [0.29, 0.717) is 6.54 Å². The van der Waals surface area contributed by atoms with Gasteiger partial charge >= 0.3 is 0 Å². The van der Waals surface area contributed by atoms with Crippen LogP contribution in [0, 0.1) is 6.92 Å². The Labute approximate surface area is 130 Å². The molecular formula is C15H13BrClN3. The predicted octanol–water partition coefficient (Wildman–Crippen LogP) is 4.90. The van der Waals surface area contributed by atoms with Gasteiger partial charge in [0.2, 0.25) is 5.95 Å². The quantitative estimate of drug-likeness (QED) is 0.705. The Kier molecular flexibility index (Phi) is 3.68. The maximum Gasteiger partial charge on any atom is 0.201 e. The molecule has 0 spiro atoms. The minimum absolute atomic E-state index is 0.665. The summed E-state index contributed by atoms with van der Waals surface area (Å²) >= 11 is 9.47. The molecular weight excluding hydrogens is 338 g/mol. The number of hydrogen-bond donors (Lipinski definition) is 2. The SMILES string of the molecule is Cc1ccc2nc(NCc3cc(Cl)cc(Br)c3)[nH]c2c1. The Morgan fingerprint density at radius 1 is 1.25 bits per heavy atom. The highest BCUT2D eigenvalue weighted by Crippen LogP contribution is 2.21. The largest absolute Gasteiger partial charge is 0.352 e. The molecule has 0 fully saturated rings. The summed E-state index contributed by atoms with van der Waals surface area (Å²) in [4.78, 5) is 7.77. The highest BCUT2D eigenvalue weighted by molar-refractivity contribution is 9.10. The maximum atomic E-state index is 6.03. The van der Waals surface area contributed by atoms with Crippen molar-refractivity contribution in [2.75, 3.05) is 5.32 Å². The van der Waals surface area contributed by atoms with E-state index >= 15 is 0 Å². The van der Waals surface area contributed by atoms with Crippen LogP contribution in [0.15, 0.2) is 40.9 Å². The Morgan fingerprint density at radius 2 is 2.10 bits per heavy atom. The summed E-state index contributed by atoms with van der Waals surface area (Å²) in [6.45, 7) is 2.73. The highest BCUT2D eigenvalue weighted by atomic mass is 79.9. The Hall–Kier alpha value is -1.52. The third-order valence-electron chi connectivity index (χ3n) is 3.02. The lowest BCUT2D eigenvalue weighted by atomic mass is 10.2. The number of aryl methyl sites for hydroxylation is 1. The van der Waals surface area contributed by atoms with Gasteiger partial charge in [0, 0.05) is 16.0 Å². The van der Waals surface area contributed by atoms with Crippen LogP contribution in [0.2, 0.25) is 5.02 Å². The van der Waals surface area contributed by atoms with Gasteiger partial charge in [0.1, 0.15) is 0 Å². The lowest BCUT2D eigenvalue weighted by Gasteiger charge is -2.04. The molecule has 5 heteroatoms. The van der Waals surface area contributed by atoms with Gasteiger partial charge in [-0.15, -0.1) is 0 Å². The predicted molar refractivity (Wildman–Crippen MR) is 87.3 cm³/mol. The molecule has 102 valence electrons. The number of aromatic amines is 1. The second-order valence-corrected chi connectivity index (χ2v) is 6.09. The van der Waals surface area contributed by atoms with Crippen LogP contribution in [-0.4, -0.2) is 9.97 Å². The summed E-state index contributed by atoms with van der Waals surface area (Å²) in [7, 11) is 0. The molecule has 0 aliphatic carbocycles. The third kappa shape index (κ3) is 2.97. The molecule has 3 nitrogen and oxygen atoms in total. The van der Waals surface area contributed by atoms with E-state index in [4.69, 9.17) is 11.6 Å². The van der Waals surface area contributed by atoms with E-state index in [2.05, 4.69) is 50.3 Å². The number of anilines is 1. The fourth-order valence-corrected chi connectivity index (χ4v) is 3.04. The van der Waals surface area contributed by atoms with Gasteiger partial charge in [0.05, 0.1) is 11.0 Å². The van der Waals surface area contributed by atoms with Crippen molar-refractivity contribution in [2.45, 2.75) is 13.5 Å². The zero-order chi connectivity index (χ0) is 14.1. The lowest BCUT2D eigenvalue weighted by Crippen LogP contribution is -2.00. The van der Waals surface area contributed by atoms with E-state index in [0.717, 1.165) is 32.0 Å². The van der Waals surface area contributed by atoms with E-state index < -0.39 is 0 Å². The molecule has 0 atom stereocenters. The minimum atomic E-state index is 0.665. The molecule has 0 saturated heterocycles. The number of rotatable bonds is 3. The fraction of sp³-hybridized carbons (Fsp3) is 0.133. The summed E-state index contributed by atoms with van der Waals surface area (Å²) < 4.78 is 0.974. The van der Waals surface area contributed by atoms with Crippen LogP contribution in [0.1, 0.15) is 11.1 Å². The maximum absolute atomic E-state index is 6.03. The van der Waals surface area contributed by atoms with E-state index in [-0.39, 0.29) is 0 Å². The first-order chi connectivity index (χ1) is 9.60. The van der Waals surface area contributed by atoms with Crippen molar-refractivity contribution in [3.05, 3.63) is 57.0 Å². The molecule has 2 aromatic carbocycles. The molecule has 0 aliphatic heterocycles. The summed E-state index contributed by atoms with van der Waals surface area (Å²) in [6.07, 6.45) is 0. The van der Waals surface area contributed by atoms with Crippen LogP contribution in [0.5, 0.6) is 0 Å². The van der Waals surface area contributed by atoms with Crippen molar-refractivity contribution in [3.8, 4) is 0 Å². The zero-order valence-corrected chi connectivity index (χ0v) is 13.2. The molecule has 3 aromatic rings. The number of aromatic nitrogens is 2. The van der Waals surface area contributed by atoms with Crippen molar-refractivity contribution in [2.24, 2.45) is 0 Å². The summed E-state index contributed by atoms with van der Waals surface area (Å²) in [5.74, 6) is 0.765. The Bertz CT molecular complexity index is 747. The van der Waals surface area contributed by atoms with Gasteiger partial charge in [0.15, 0.2) is 0 Å². The molecule has 3 rings (SSSR count). The molecule has 1 heterocycles. The number of halogens is 2. The molecule has 0 saturated carbocycles. The molecule has 0 amide bonds. The standard InChI is InChI=1S/C15H13BrClN3/c1-9-2-3-13-14(4-9)20-15(19-13)18-8-10-5-11(16)7-12(17)6-10/h2-7H,8H2,1H3,(H2,18,19,20). The topological polar surface area (TPSA) is 40.7 Å². The van der Waals surface area contributed by atoms with Crippen LogP contribution in [0.4, 0.5) is 5.95 Å². The monoisotopic (exact) mass is 349 g/mol. The van der Waals surface area contributed by atoms with Crippen molar-refractivity contribution >= 4 is 44.5 Å². The van der Waals surface area contributed by atoms with Crippen LogP contribution < -0.4 is 5.32 Å². The highest BCUT2D eigenvalue weighted by Gasteiger charge is 2.03. The number of fused-ring (bicyclic) bond motifs is 1. The molecule has 0 aliphatic rings. The van der Waals surface area contributed by atoms with Gasteiger partial charge in [-0.25, -0.2) is 4.98 Å². The fourth-order valence-electron chi connectivity index (χ4n) is 2.11. The van der Waals surface area contributed by atoms with Crippen molar-refractivity contribution in [3.63, 3.8) is 0 Å². The molecule has 2 N–H and O–H groups in total. The number of nitrogens with zero attached hydrogens (tertiary/aromatic N) is 1. The molecule has 0 bridgehead atoms. The smallest absolute Gasteiger partial charge is 0.201 e. The molecule has 20 heavy (non-hydrogen) atoms. The Morgan fingerprint density at radius 3 is 2.90 bits per heavy atom. The van der Waals surface area contributed by atoms with Gasteiger partial charge < -0.3 is 10.3 Å². The van der Waals surface area contributed by atoms with Gasteiger partial charge in [-0.3, -0.25) is 0 Å². The van der Waals surface area contributed by atoms with Crippen molar-refractivity contribution in [1.82, 2.24) is 9.97 Å². The summed E-state index contributed by atoms with van der Waals surface area (Å²) in [5, 5.41) is 4.00. The third-order valence-corrected chi connectivity index (χ3v) is 3.70. The number of hydrogen-bond acceptors (Lipinski definition) is 2. The average Bonchev–Trinajstić information content (AvgIpc) is 2.77. The zero-order valence-electron chi connectivity index (χ0n) is 10.9. The van der Waals surface area contributed by atoms with Crippen molar-refractivity contribution < 1.29 is 0 Å². The second-order valence-electron chi connectivity index (χ2n) is 4.74. The van der Waals surface area contributed by atoms with E-state index in [1.54, 1.807) is 0 Å². The van der Waals surface area contributed by atoms with Gasteiger partial charge in [-0.05, 0) is 48.4 Å². The summed E-state index contributed by atoms with van der Waals surface area (Å²) in [5.41, 5.74) is 4.32. The van der Waals surface area contributed by atoms with Crippen LogP contribution in [-0.2, 0) is 6.54 Å². The van der Waals surface area contributed by atoms with E-state index in [1.165, 1.54) is 5.56 Å². The molecule has 0 radical (unpaired) electrons.